The molecule has 0 bridgehead atoms. The number of nitrogen functional groups attached to an aromatic ring is 3. The number of benzene rings is 3. The fourth-order valence-electron chi connectivity index (χ4n) is 16.4. The number of rotatable bonds is 15. The number of pyridine rings is 6. The van der Waals surface area contributed by atoms with Gasteiger partial charge in [-0.25, -0.2) is 95.7 Å². The second-order valence-corrected chi connectivity index (χ2v) is 33.6. The van der Waals surface area contributed by atoms with Crippen LogP contribution in [0.5, 0.6) is 0 Å². The Morgan fingerprint density at radius 2 is 0.621 bits per heavy atom. The minimum absolute atomic E-state index is 0.0617. The molecule has 690 valence electrons. The fraction of sp³-hybridized carbons (Fsp3) is 0.300. The Kier molecular flexibility index (Phi) is 27.4. The predicted molar refractivity (Wildman–Crippen MR) is 480 cm³/mol. The van der Waals surface area contributed by atoms with E-state index in [-0.39, 0.29) is 163 Å². The van der Waals surface area contributed by atoms with E-state index in [0.717, 1.165) is 31.9 Å². The highest BCUT2D eigenvalue weighted by Gasteiger charge is 2.39. The van der Waals surface area contributed by atoms with E-state index in [1.165, 1.54) is 18.2 Å². The highest BCUT2D eigenvalue weighted by atomic mass is 35.5. The quantitative estimate of drug-likeness (QED) is 0.0282. The lowest BCUT2D eigenvalue weighted by molar-refractivity contribution is -0.129. The van der Waals surface area contributed by atoms with Crippen LogP contribution in [0.3, 0.4) is 0 Å². The number of carbonyl (C=O) groups excluding carboxylic acids is 3. The van der Waals surface area contributed by atoms with E-state index >= 15 is 26.3 Å². The lowest BCUT2D eigenvalue weighted by Crippen LogP contribution is -2.54. The number of carbonyl (C=O) groups is 3. The van der Waals surface area contributed by atoms with Crippen molar-refractivity contribution in [3.05, 3.63) is 243 Å². The van der Waals surface area contributed by atoms with Crippen molar-refractivity contribution in [3.63, 3.8) is 0 Å². The van der Waals surface area contributed by atoms with Crippen LogP contribution in [0, 0.1) is 90.6 Å². The average Bonchev–Trinajstić information content (AvgIpc) is 0.736. The third kappa shape index (κ3) is 17.1. The Morgan fingerprint density at radius 3 is 0.833 bits per heavy atom. The van der Waals surface area contributed by atoms with Gasteiger partial charge in [0.05, 0.1) is 99.1 Å². The van der Waals surface area contributed by atoms with Crippen molar-refractivity contribution in [3.8, 4) is 50.8 Å². The van der Waals surface area contributed by atoms with E-state index in [4.69, 9.17) is 52.0 Å². The van der Waals surface area contributed by atoms with Crippen molar-refractivity contribution >= 4 is 120 Å². The van der Waals surface area contributed by atoms with E-state index in [0.29, 0.717) is 50.8 Å². The fourth-order valence-corrected chi connectivity index (χ4v) is 17.2. The number of hydrogen-bond donors (Lipinski definition) is 3. The van der Waals surface area contributed by atoms with Gasteiger partial charge in [-0.05, 0) is 131 Å². The molecule has 3 atom stereocenters. The average molecular weight is 1890 g/mol. The predicted octanol–water partition coefficient (Wildman–Crippen LogP) is 15.9. The molecule has 0 aliphatic carbocycles. The normalized spacial score (nSPS) is 15.4. The van der Waals surface area contributed by atoms with Crippen LogP contribution in [-0.2, 0) is 14.4 Å². The summed E-state index contributed by atoms with van der Waals surface area (Å²) in [6.07, 6.45) is 8.35. The van der Waals surface area contributed by atoms with Crippen LogP contribution >= 0.6 is 34.8 Å². The van der Waals surface area contributed by atoms with Gasteiger partial charge in [0.25, 0.3) is 0 Å². The summed E-state index contributed by atoms with van der Waals surface area (Å²) in [4.78, 5) is 128. The standard InChI is InChI=1S/3C30H28ClF4N7O2/c3*1-6-18(43)41-10-9-40(12-15(41)5)28-16-11-17(32)26(19-20(31)24(36)23(35)22(34)21(19)33)38-29(16)42(30(44)39-28)27-14(4)7-8-37-25(27)13(2)3/h3*6-8,11,13,15H,1,9-10,12,36H2,2-5H3/t3*15-/m111/s1. The number of aryl methyl sites for hydroxylation is 3. The monoisotopic (exact) mass is 1890 g/mol. The number of halogens is 15. The molecule has 132 heavy (non-hydrogen) atoms. The van der Waals surface area contributed by atoms with Gasteiger partial charge >= 0.3 is 17.1 Å². The van der Waals surface area contributed by atoms with Crippen LogP contribution in [0.1, 0.15) is 114 Å². The first kappa shape index (κ1) is 96.0. The Labute approximate surface area is 760 Å². The topological polar surface area (TPSA) is 331 Å². The van der Waals surface area contributed by atoms with E-state index in [2.05, 4.69) is 64.6 Å². The Balaban J connectivity index is 0.000000168. The van der Waals surface area contributed by atoms with Crippen molar-refractivity contribution in [1.82, 2.24) is 73.3 Å². The van der Waals surface area contributed by atoms with Gasteiger partial charge in [-0.1, -0.05) is 96.1 Å². The first-order valence-corrected chi connectivity index (χ1v) is 42.1. The van der Waals surface area contributed by atoms with Gasteiger partial charge in [0.15, 0.2) is 86.7 Å². The van der Waals surface area contributed by atoms with Crippen molar-refractivity contribution in [2.45, 2.75) is 119 Å². The van der Waals surface area contributed by atoms with Gasteiger partial charge in [0, 0.05) is 95.6 Å². The summed E-state index contributed by atoms with van der Waals surface area (Å²) < 4.78 is 183. The molecule has 42 heteroatoms. The van der Waals surface area contributed by atoms with Crippen LogP contribution in [-0.4, -0.2) is 168 Å². The molecule has 0 spiro atoms. The Bertz CT molecular complexity index is 6310. The summed E-state index contributed by atoms with van der Waals surface area (Å²) in [5, 5.41) is -2.17. The molecule has 0 radical (unpaired) electrons. The molecule has 12 heterocycles. The molecule has 3 aliphatic heterocycles. The minimum atomic E-state index is -1.96. The van der Waals surface area contributed by atoms with Gasteiger partial charge in [0.1, 0.15) is 34.5 Å². The van der Waals surface area contributed by atoms with Gasteiger partial charge in [0.2, 0.25) is 17.7 Å². The van der Waals surface area contributed by atoms with Crippen molar-refractivity contribution in [2.24, 2.45) is 0 Å². The van der Waals surface area contributed by atoms with E-state index in [1.54, 1.807) is 108 Å². The second kappa shape index (κ2) is 37.7. The van der Waals surface area contributed by atoms with Crippen molar-refractivity contribution < 1.29 is 67.1 Å². The summed E-state index contributed by atoms with van der Waals surface area (Å²) in [7, 11) is 0. The molecule has 12 aromatic rings. The number of piperazine rings is 3. The highest BCUT2D eigenvalue weighted by molar-refractivity contribution is 6.37. The first-order valence-electron chi connectivity index (χ1n) is 41.0. The Hall–Kier alpha value is -13.6. The highest BCUT2D eigenvalue weighted by Crippen LogP contribution is 2.46. The van der Waals surface area contributed by atoms with E-state index < -0.39 is 153 Å². The zero-order valence-corrected chi connectivity index (χ0v) is 75.0. The van der Waals surface area contributed by atoms with Gasteiger partial charge in [-0.3, -0.25) is 29.3 Å². The smallest absolute Gasteiger partial charge is 0.355 e. The number of nitrogens with zero attached hydrogens (tertiary/aromatic N) is 18. The number of fused-ring (bicyclic) bond motifs is 3. The molecule has 3 saturated heterocycles. The SMILES string of the molecule is C=CC(=O)N1CCN(c2nc(=O)n(-c3c(C)ccnc3C(C)C)c3nc(-c4c(F)c(F)c(F)c(N)c4Cl)c(F)cc23)C[C@H]1C.C=CC(=O)N1CCN(c2nc(=O)n(-c3c(C)ccnc3C(C)C)c3nc(-c4c(F)c(F)c(F)c(N)c4Cl)c(F)cc23)C[C@H]1C.C=CC(=O)N1CCN(c2nc(=O)n(-c3c(C)ccnc3C(C)C)c3nc(-c4c(F)c(F)c(F)c(N)c4Cl)c(F)cc23)C[C@H]1C. The molecule has 3 aliphatic rings. The molecule has 3 fully saturated rings. The van der Waals surface area contributed by atoms with Crippen LogP contribution in [0.4, 0.5) is 87.2 Å². The first-order chi connectivity index (χ1) is 62.3. The summed E-state index contributed by atoms with van der Waals surface area (Å²) in [6.45, 7) is 34.6. The zero-order chi connectivity index (χ0) is 96.6. The number of anilines is 6. The molecular weight excluding hydrogens is 1810 g/mol. The number of nitrogens with two attached hydrogens (primary N) is 3. The summed E-state index contributed by atoms with van der Waals surface area (Å²) in [6, 6.07) is 6.98. The number of aromatic nitrogens is 12. The van der Waals surface area contributed by atoms with Gasteiger partial charge in [-0.15, -0.1) is 0 Å². The largest absolute Gasteiger partial charge is 0.395 e. The molecule has 0 unspecified atom stereocenters. The molecule has 3 amide bonds. The summed E-state index contributed by atoms with van der Waals surface area (Å²) in [5.41, 5.74) is 10.3. The molecule has 0 saturated carbocycles. The van der Waals surface area contributed by atoms with E-state index in [1.807, 2.05) is 41.5 Å². The second-order valence-electron chi connectivity index (χ2n) is 32.5. The lowest BCUT2D eigenvalue weighted by atomic mass is 10.0. The molecule has 15 rings (SSSR count). The maximum absolute atomic E-state index is 15.9. The van der Waals surface area contributed by atoms with Crippen LogP contribution in [0.2, 0.25) is 15.1 Å². The molecule has 3 aromatic carbocycles. The molecule has 9 aromatic heterocycles. The number of amides is 3. The van der Waals surface area contributed by atoms with E-state index in [9.17, 15) is 55.1 Å². The van der Waals surface area contributed by atoms with Gasteiger partial charge in [-0.2, -0.15) is 15.0 Å². The molecular formula is C90H84Cl3F12N21O6. The molecule has 6 N–H and O–H groups in total. The summed E-state index contributed by atoms with van der Waals surface area (Å²) in [5.74, 6) is -21.0. The Morgan fingerprint density at radius 1 is 0.386 bits per heavy atom. The van der Waals surface area contributed by atoms with Crippen molar-refractivity contribution in [2.75, 3.05) is 90.8 Å². The third-order valence-corrected chi connectivity index (χ3v) is 24.1. The van der Waals surface area contributed by atoms with Gasteiger partial charge < -0.3 is 46.6 Å². The third-order valence-electron chi connectivity index (χ3n) is 22.9. The maximum atomic E-state index is 15.9. The van der Waals surface area contributed by atoms with Crippen molar-refractivity contribution in [1.29, 1.82) is 0 Å². The van der Waals surface area contributed by atoms with Crippen LogP contribution in [0.15, 0.2) is 107 Å². The zero-order valence-electron chi connectivity index (χ0n) is 72.8. The van der Waals surface area contributed by atoms with Crippen LogP contribution in [0.25, 0.3) is 83.9 Å². The molecule has 27 nitrogen and oxygen atoms in total. The minimum Gasteiger partial charge on any atom is -0.395 e. The number of hydrogen-bond acceptors (Lipinski definition) is 21. The lowest BCUT2D eigenvalue weighted by Gasteiger charge is -2.40. The van der Waals surface area contributed by atoms with Crippen LogP contribution < -0.4 is 49.0 Å². The summed E-state index contributed by atoms with van der Waals surface area (Å²) >= 11 is 18.4. The maximum Gasteiger partial charge on any atom is 0.355 e.